The molecule has 0 bridgehead atoms. The Kier molecular flexibility index (Phi) is 0.550. The minimum Gasteiger partial charge on any atom is -0.194 e. The zero-order chi connectivity index (χ0) is 14.8. The lowest BCUT2D eigenvalue weighted by Crippen LogP contribution is -2.31. The molecule has 0 amide bonds. The molecule has 0 fully saturated rings. The van der Waals surface area contributed by atoms with E-state index in [0.717, 1.165) is 0 Å². The number of rotatable bonds is 0. The first-order valence-corrected chi connectivity index (χ1v) is 3.94. The van der Waals surface area contributed by atoms with Crippen molar-refractivity contribution < 1.29 is 14.2 Å². The third-order valence-corrected chi connectivity index (χ3v) is 2.09. The van der Waals surface area contributed by atoms with E-state index in [2.05, 4.69) is 0 Å². The molecule has 0 aliphatic carbocycles. The van der Waals surface area contributed by atoms with Gasteiger partial charge < -0.3 is 0 Å². The van der Waals surface area contributed by atoms with Crippen molar-refractivity contribution in [3.05, 3.63) is 54.1 Å². The lowest BCUT2D eigenvalue weighted by Gasteiger charge is -1.90. The first-order valence-electron chi connectivity index (χ1n) is 7.44. The summed E-state index contributed by atoms with van der Waals surface area (Å²) >= 11 is 0. The predicted octanol–water partition coefficient (Wildman–Crippen LogP) is 2.00. The number of fused-ring (bicyclic) bond motifs is 3. The van der Waals surface area contributed by atoms with Crippen LogP contribution in [0, 0.1) is 0 Å². The highest BCUT2D eigenvalue weighted by molar-refractivity contribution is 5.62. The van der Waals surface area contributed by atoms with Gasteiger partial charge in [0.2, 0.25) is 5.69 Å². The topological polar surface area (TPSA) is 3.88 Å². The van der Waals surface area contributed by atoms with Crippen molar-refractivity contribution in [2.45, 2.75) is 6.54 Å². The van der Waals surface area contributed by atoms with Gasteiger partial charge in [0.15, 0.2) is 12.7 Å². The van der Waals surface area contributed by atoms with Gasteiger partial charge in [-0.25, -0.2) is 0 Å². The van der Waals surface area contributed by atoms with Crippen LogP contribution in [0.1, 0.15) is 15.2 Å². The molecule has 1 aromatic heterocycles. The van der Waals surface area contributed by atoms with Crippen LogP contribution in [0.5, 0.6) is 0 Å². The van der Waals surface area contributed by atoms with Gasteiger partial charge in [0, 0.05) is 17.6 Å². The van der Waals surface area contributed by atoms with Crippen molar-refractivity contribution >= 4 is 0 Å². The van der Waals surface area contributed by atoms with Crippen molar-refractivity contribution in [2.75, 3.05) is 0 Å². The van der Waals surface area contributed by atoms with Crippen molar-refractivity contribution in [3.8, 4) is 11.3 Å². The second-order valence-corrected chi connectivity index (χ2v) is 2.85. The molecule has 0 atom stereocenters. The van der Waals surface area contributed by atoms with Gasteiger partial charge >= 0.3 is 0 Å². The molecule has 3 rings (SSSR count). The minimum atomic E-state index is -0.344. The maximum absolute atomic E-state index is 7.97. The van der Waals surface area contributed by atoms with Gasteiger partial charge in [0.1, 0.15) is 0 Å². The Hall–Kier alpha value is -1.63. The van der Waals surface area contributed by atoms with Crippen molar-refractivity contribution in [3.63, 3.8) is 0 Å². The van der Waals surface area contributed by atoms with Crippen LogP contribution >= 0.6 is 0 Å². The average Bonchev–Trinajstić information content (AvgIpc) is 2.79. The van der Waals surface area contributed by atoms with Crippen LogP contribution in [0.4, 0.5) is 0 Å². The van der Waals surface area contributed by atoms with Crippen molar-refractivity contribution in [1.29, 1.82) is 0 Å². The summed E-state index contributed by atoms with van der Waals surface area (Å²) in [6, 6.07) is -1.48. The zero-order valence-corrected chi connectivity index (χ0v) is 6.73. The molecule has 0 unspecified atom stereocenters. The number of benzene rings is 1. The maximum atomic E-state index is 7.97. The normalized spacial score (nSPS) is 19.8. The molecule has 1 aromatic carbocycles. The molecule has 1 aliphatic heterocycles. The lowest BCUT2D eigenvalue weighted by molar-refractivity contribution is -0.672. The third-order valence-electron chi connectivity index (χ3n) is 2.09. The maximum Gasteiger partial charge on any atom is 0.213 e. The molecule has 2 heterocycles. The van der Waals surface area contributed by atoms with Crippen molar-refractivity contribution in [2.24, 2.45) is 0 Å². The van der Waals surface area contributed by atoms with Crippen LogP contribution in [-0.4, -0.2) is 0 Å². The van der Waals surface area contributed by atoms with Crippen LogP contribution in [0.25, 0.3) is 11.3 Å². The number of aromatic nitrogens is 1. The predicted molar refractivity (Wildman–Crippen MR) is 51.2 cm³/mol. The van der Waals surface area contributed by atoms with Crippen LogP contribution in [0.3, 0.4) is 0 Å². The SMILES string of the molecule is [2H]c1c[n+]2c(c([2H])c1[2H])-c1c([2H])c([2H])c([2H])c([2H])c1C2. The molecule has 1 nitrogen and oxygen atoms in total. The fourth-order valence-corrected chi connectivity index (χ4v) is 1.50. The summed E-state index contributed by atoms with van der Waals surface area (Å²) < 4.78 is 56.1. The monoisotopic (exact) mass is 175 g/mol. The summed E-state index contributed by atoms with van der Waals surface area (Å²) in [4.78, 5) is 0. The Morgan fingerprint density at radius 3 is 2.92 bits per heavy atom. The Morgan fingerprint density at radius 1 is 1.08 bits per heavy atom. The third kappa shape index (κ3) is 0.903. The molecule has 13 heavy (non-hydrogen) atoms. The zero-order valence-electron chi connectivity index (χ0n) is 13.7. The number of nitrogens with zero attached hydrogens (tertiary/aromatic N) is 1. The molecule has 0 saturated heterocycles. The van der Waals surface area contributed by atoms with Gasteiger partial charge in [-0.1, -0.05) is 18.1 Å². The Bertz CT molecular complexity index is 770. The summed E-state index contributed by atoms with van der Waals surface area (Å²) in [7, 11) is 0. The quantitative estimate of drug-likeness (QED) is 0.460. The molecule has 1 heteroatoms. The molecule has 0 saturated carbocycles. The molecular formula is C12H10N+. The smallest absolute Gasteiger partial charge is 0.194 e. The first-order chi connectivity index (χ1) is 9.34. The number of hydrogen-bond acceptors (Lipinski definition) is 0. The van der Waals surface area contributed by atoms with Gasteiger partial charge in [0.25, 0.3) is 0 Å². The number of pyridine rings is 1. The van der Waals surface area contributed by atoms with Crippen molar-refractivity contribution in [1.82, 2.24) is 0 Å². The molecule has 62 valence electrons. The van der Waals surface area contributed by atoms with E-state index in [1.54, 1.807) is 4.57 Å². The van der Waals surface area contributed by atoms with E-state index in [-0.39, 0.29) is 60.1 Å². The summed E-state index contributed by atoms with van der Waals surface area (Å²) in [6.07, 6.45) is 1.39. The Balaban J connectivity index is 2.45. The van der Waals surface area contributed by atoms with Gasteiger partial charge in [-0.3, -0.25) is 0 Å². The summed E-state index contributed by atoms with van der Waals surface area (Å²) in [5.74, 6) is 0. The summed E-state index contributed by atoms with van der Waals surface area (Å²) in [5.41, 5.74) is 0.969. The molecule has 2 aromatic rings. The van der Waals surface area contributed by atoms with E-state index < -0.39 is 0 Å². The Labute approximate surface area is 87.1 Å². The van der Waals surface area contributed by atoms with Gasteiger partial charge in [0.05, 0.1) is 15.2 Å². The number of hydrogen-bond donors (Lipinski definition) is 0. The Morgan fingerprint density at radius 2 is 1.92 bits per heavy atom. The second-order valence-electron chi connectivity index (χ2n) is 2.85. The van der Waals surface area contributed by atoms with Crippen LogP contribution in [0.2, 0.25) is 0 Å². The fraction of sp³-hybridized carbons (Fsp3) is 0.0833. The molecule has 1 aliphatic rings. The van der Waals surface area contributed by atoms with Crippen LogP contribution < -0.4 is 4.57 Å². The van der Waals surface area contributed by atoms with Crippen LogP contribution in [-0.2, 0) is 6.54 Å². The van der Waals surface area contributed by atoms with Crippen LogP contribution in [0.15, 0.2) is 48.5 Å². The van der Waals surface area contributed by atoms with E-state index in [1.807, 2.05) is 0 Å². The largest absolute Gasteiger partial charge is 0.213 e. The fourth-order valence-electron chi connectivity index (χ4n) is 1.50. The van der Waals surface area contributed by atoms with Gasteiger partial charge in [-0.2, -0.15) is 4.57 Å². The van der Waals surface area contributed by atoms with E-state index >= 15 is 0 Å². The second kappa shape index (κ2) is 2.43. The highest BCUT2D eigenvalue weighted by Crippen LogP contribution is 2.24. The first kappa shape index (κ1) is 2.95. The molecular weight excluding hydrogens is 158 g/mol. The molecule has 0 radical (unpaired) electrons. The van der Waals surface area contributed by atoms with E-state index in [4.69, 9.17) is 9.60 Å². The summed E-state index contributed by atoms with van der Waals surface area (Å²) in [5, 5.41) is 0. The molecule has 0 spiro atoms. The minimum absolute atomic E-state index is 0.0955. The average molecular weight is 175 g/mol. The van der Waals surface area contributed by atoms with E-state index in [0.29, 0.717) is 5.56 Å². The lowest BCUT2D eigenvalue weighted by atomic mass is 10.1. The highest BCUT2D eigenvalue weighted by Gasteiger charge is 2.23. The summed E-state index contributed by atoms with van der Waals surface area (Å²) in [6.45, 7) is 0.194. The highest BCUT2D eigenvalue weighted by atomic mass is 15.0. The molecule has 0 N–H and O–H groups in total. The van der Waals surface area contributed by atoms with E-state index in [1.165, 1.54) is 6.20 Å². The standard InChI is InChI=1S/C12H10N/c1-2-6-11-10(5-1)9-13-8-4-3-7-12(11)13/h1-8H,9H2/q+1/i1D,2D,3D,4D,5D,6D,7D. The van der Waals surface area contributed by atoms with Gasteiger partial charge in [-0.15, -0.1) is 0 Å². The van der Waals surface area contributed by atoms with E-state index in [9.17, 15) is 0 Å². The van der Waals surface area contributed by atoms with Gasteiger partial charge in [-0.05, 0) is 12.1 Å².